The number of aromatic nitrogens is 4. The van der Waals surface area contributed by atoms with Gasteiger partial charge in [-0.05, 0) is 29.2 Å². The van der Waals surface area contributed by atoms with E-state index in [4.69, 9.17) is 4.74 Å². The first-order valence-electron chi connectivity index (χ1n) is 11.3. The maximum atomic E-state index is 12.8. The standard InChI is InChI=1S/C22H23F3N8O3/c23-22(24,25)16-1-3-18(4-2-16)30-5-7-31(8-6-30)20-27-10-15(11-28-20)9-26-17-12-32-13-19(33(34)35)29-21(32)36-14-17/h1-4,10-11,13,17,26H,5-9,12,14H2/t17-/m0/s1. The van der Waals surface area contributed by atoms with Crippen molar-refractivity contribution in [1.29, 1.82) is 0 Å². The van der Waals surface area contributed by atoms with Crippen molar-refractivity contribution in [2.24, 2.45) is 0 Å². The van der Waals surface area contributed by atoms with Gasteiger partial charge in [-0.15, -0.1) is 0 Å². The predicted octanol–water partition coefficient (Wildman–Crippen LogP) is 2.48. The molecule has 0 aliphatic carbocycles. The first-order chi connectivity index (χ1) is 17.3. The molecular formula is C22H23F3N8O3. The van der Waals surface area contributed by atoms with Gasteiger partial charge in [0.1, 0.15) is 12.8 Å². The van der Waals surface area contributed by atoms with E-state index >= 15 is 0 Å². The van der Waals surface area contributed by atoms with Crippen LogP contribution in [0.15, 0.2) is 42.9 Å². The van der Waals surface area contributed by atoms with E-state index in [1.54, 1.807) is 17.0 Å². The van der Waals surface area contributed by atoms with Crippen LogP contribution in [0.4, 0.5) is 30.6 Å². The summed E-state index contributed by atoms with van der Waals surface area (Å²) in [7, 11) is 0. The summed E-state index contributed by atoms with van der Waals surface area (Å²) < 4.78 is 45.5. The van der Waals surface area contributed by atoms with E-state index in [0.29, 0.717) is 51.8 Å². The van der Waals surface area contributed by atoms with Crippen LogP contribution in [0.3, 0.4) is 0 Å². The Bertz CT molecular complexity index is 1210. The third-order valence-electron chi connectivity index (χ3n) is 6.15. The van der Waals surface area contributed by atoms with Crippen molar-refractivity contribution in [3.63, 3.8) is 0 Å². The Kier molecular flexibility index (Phi) is 6.35. The summed E-state index contributed by atoms with van der Waals surface area (Å²) >= 11 is 0. The molecule has 1 atom stereocenters. The molecule has 0 bridgehead atoms. The Morgan fingerprint density at radius 1 is 1.08 bits per heavy atom. The van der Waals surface area contributed by atoms with Crippen molar-refractivity contribution in [2.75, 3.05) is 42.6 Å². The normalized spacial score (nSPS) is 18.0. The Morgan fingerprint density at radius 3 is 2.39 bits per heavy atom. The van der Waals surface area contributed by atoms with Crippen LogP contribution in [0.25, 0.3) is 0 Å². The molecule has 1 N–H and O–H groups in total. The molecule has 3 aromatic rings. The second-order valence-corrected chi connectivity index (χ2v) is 8.59. The topological polar surface area (TPSA) is 114 Å². The van der Waals surface area contributed by atoms with Gasteiger partial charge in [-0.1, -0.05) is 0 Å². The second kappa shape index (κ2) is 9.60. The number of nitrogens with zero attached hydrogens (tertiary/aromatic N) is 7. The van der Waals surface area contributed by atoms with Gasteiger partial charge in [-0.2, -0.15) is 13.2 Å². The van der Waals surface area contributed by atoms with Gasteiger partial charge < -0.3 is 30.0 Å². The fraction of sp³-hybridized carbons (Fsp3) is 0.409. The summed E-state index contributed by atoms with van der Waals surface area (Å²) in [5.41, 5.74) is 0.984. The van der Waals surface area contributed by atoms with E-state index in [9.17, 15) is 23.3 Å². The average molecular weight is 504 g/mol. The Balaban J connectivity index is 1.10. The number of fused-ring (bicyclic) bond motifs is 1. The first kappa shape index (κ1) is 23.8. The van der Waals surface area contributed by atoms with Gasteiger partial charge in [0, 0.05) is 67.9 Å². The minimum absolute atomic E-state index is 0.0516. The average Bonchev–Trinajstić information content (AvgIpc) is 3.32. The van der Waals surface area contributed by atoms with Gasteiger partial charge >= 0.3 is 18.0 Å². The molecule has 11 nitrogen and oxygen atoms in total. The summed E-state index contributed by atoms with van der Waals surface area (Å²) in [6.45, 7) is 3.94. The number of ether oxygens (including phenoxy) is 1. The third-order valence-corrected chi connectivity index (χ3v) is 6.15. The van der Waals surface area contributed by atoms with E-state index in [1.165, 1.54) is 18.3 Å². The number of alkyl halides is 3. The number of anilines is 2. The van der Waals surface area contributed by atoms with Crippen LogP contribution in [0.1, 0.15) is 11.1 Å². The van der Waals surface area contributed by atoms with Crippen LogP contribution in [-0.4, -0.2) is 63.3 Å². The van der Waals surface area contributed by atoms with Crippen LogP contribution in [0, 0.1) is 10.1 Å². The molecule has 2 aliphatic heterocycles. The number of halogens is 3. The second-order valence-electron chi connectivity index (χ2n) is 8.59. The van der Waals surface area contributed by atoms with Crippen molar-refractivity contribution in [3.8, 4) is 6.01 Å². The number of piperazine rings is 1. The lowest BCUT2D eigenvalue weighted by Gasteiger charge is -2.36. The van der Waals surface area contributed by atoms with Crippen molar-refractivity contribution < 1.29 is 22.8 Å². The molecule has 0 spiro atoms. The summed E-state index contributed by atoms with van der Waals surface area (Å²) in [5.74, 6) is 0.358. The highest BCUT2D eigenvalue weighted by Gasteiger charge is 2.30. The van der Waals surface area contributed by atoms with Gasteiger partial charge in [0.2, 0.25) is 5.95 Å². The maximum absolute atomic E-state index is 12.8. The third kappa shape index (κ3) is 5.17. The van der Waals surface area contributed by atoms with Crippen LogP contribution in [0.5, 0.6) is 6.01 Å². The molecule has 0 radical (unpaired) electrons. The Labute approximate surface area is 203 Å². The van der Waals surface area contributed by atoms with E-state index in [0.717, 1.165) is 23.4 Å². The Hall–Kier alpha value is -3.94. The molecule has 36 heavy (non-hydrogen) atoms. The summed E-state index contributed by atoms with van der Waals surface area (Å²) in [6.07, 6.45) is 0.509. The fourth-order valence-electron chi connectivity index (χ4n) is 4.20. The zero-order valence-electron chi connectivity index (χ0n) is 19.1. The zero-order valence-corrected chi connectivity index (χ0v) is 19.1. The van der Waals surface area contributed by atoms with Crippen LogP contribution in [-0.2, 0) is 19.3 Å². The minimum Gasteiger partial charge on any atom is -0.444 e. The minimum atomic E-state index is -4.34. The molecule has 2 aromatic heterocycles. The molecule has 0 saturated carbocycles. The van der Waals surface area contributed by atoms with Gasteiger partial charge in [0.25, 0.3) is 0 Å². The van der Waals surface area contributed by atoms with Gasteiger partial charge in [-0.3, -0.25) is 4.57 Å². The number of rotatable bonds is 6. The summed E-state index contributed by atoms with van der Waals surface area (Å²) in [4.78, 5) is 27.2. The lowest BCUT2D eigenvalue weighted by Crippen LogP contribution is -2.47. The molecule has 5 rings (SSSR count). The highest BCUT2D eigenvalue weighted by atomic mass is 19.4. The number of benzene rings is 1. The lowest BCUT2D eigenvalue weighted by atomic mass is 10.1. The molecule has 0 unspecified atom stereocenters. The molecule has 190 valence electrons. The van der Waals surface area contributed by atoms with Gasteiger partial charge in [0.15, 0.2) is 0 Å². The van der Waals surface area contributed by atoms with E-state index in [1.807, 2.05) is 9.80 Å². The van der Waals surface area contributed by atoms with Crippen molar-refractivity contribution >= 4 is 17.5 Å². The molecule has 1 aromatic carbocycles. The SMILES string of the molecule is O=[N+]([O-])c1cn2c(n1)OC[C@@H](NCc1cnc(N3CCN(c4ccc(C(F)(F)F)cc4)CC3)nc1)C2. The maximum Gasteiger partial charge on any atom is 0.416 e. The summed E-state index contributed by atoms with van der Waals surface area (Å²) in [5, 5.41) is 14.2. The van der Waals surface area contributed by atoms with Crippen molar-refractivity contribution in [3.05, 3.63) is 64.1 Å². The lowest BCUT2D eigenvalue weighted by molar-refractivity contribution is -0.389. The quantitative estimate of drug-likeness (QED) is 0.399. The molecule has 2 aliphatic rings. The smallest absolute Gasteiger partial charge is 0.416 e. The number of nitro groups is 1. The molecule has 1 saturated heterocycles. The first-order valence-corrected chi connectivity index (χ1v) is 11.3. The van der Waals surface area contributed by atoms with E-state index in [2.05, 4.69) is 20.3 Å². The number of nitrogens with one attached hydrogen (secondary N) is 1. The molecule has 14 heteroatoms. The van der Waals surface area contributed by atoms with E-state index in [-0.39, 0.29) is 17.9 Å². The van der Waals surface area contributed by atoms with Crippen LogP contribution < -0.4 is 19.9 Å². The molecule has 0 amide bonds. The fourth-order valence-corrected chi connectivity index (χ4v) is 4.20. The number of hydrogen-bond acceptors (Lipinski definition) is 9. The van der Waals surface area contributed by atoms with Crippen LogP contribution in [0.2, 0.25) is 0 Å². The van der Waals surface area contributed by atoms with Crippen molar-refractivity contribution in [2.45, 2.75) is 25.3 Å². The molecule has 1 fully saturated rings. The zero-order chi connectivity index (χ0) is 25.3. The summed E-state index contributed by atoms with van der Waals surface area (Å²) in [6, 6.07) is 5.41. The van der Waals surface area contributed by atoms with Gasteiger partial charge in [-0.25, -0.2) is 9.97 Å². The van der Waals surface area contributed by atoms with Crippen molar-refractivity contribution in [1.82, 2.24) is 24.8 Å². The highest BCUT2D eigenvalue weighted by molar-refractivity contribution is 5.50. The number of hydrogen-bond donors (Lipinski definition) is 1. The van der Waals surface area contributed by atoms with E-state index < -0.39 is 16.7 Å². The highest BCUT2D eigenvalue weighted by Crippen LogP contribution is 2.31. The van der Waals surface area contributed by atoms with Gasteiger partial charge in [0.05, 0.1) is 11.6 Å². The largest absolute Gasteiger partial charge is 0.444 e. The monoisotopic (exact) mass is 504 g/mol. The molecule has 4 heterocycles. The predicted molar refractivity (Wildman–Crippen MR) is 123 cm³/mol. The number of imidazole rings is 1. The van der Waals surface area contributed by atoms with Crippen LogP contribution >= 0.6 is 0 Å². The molecular weight excluding hydrogens is 481 g/mol. The Morgan fingerprint density at radius 2 is 1.75 bits per heavy atom.